The number of hydrogen-bond acceptors (Lipinski definition) is 5. The van der Waals surface area contributed by atoms with Gasteiger partial charge in [-0.25, -0.2) is 8.42 Å². The van der Waals surface area contributed by atoms with Crippen LogP contribution in [-0.4, -0.2) is 48.0 Å². The number of aromatic nitrogens is 2. The van der Waals surface area contributed by atoms with Crippen LogP contribution < -0.4 is 5.73 Å². The number of aryl methyl sites for hydroxylation is 1. The number of rotatable bonds is 7. The molecule has 0 saturated heterocycles. The molecule has 0 spiro atoms. The highest BCUT2D eigenvalue weighted by atomic mass is 32.2. The monoisotopic (exact) mass is 306 g/mol. The largest absolute Gasteiger partial charge is 0.326 e. The summed E-state index contributed by atoms with van der Waals surface area (Å²) in [7, 11) is -2.00. The van der Waals surface area contributed by atoms with Gasteiger partial charge in [0, 0.05) is 30.9 Å². The van der Waals surface area contributed by atoms with E-state index in [4.69, 9.17) is 5.73 Å². The minimum Gasteiger partial charge on any atom is -0.326 e. The molecule has 1 atom stereocenters. The van der Waals surface area contributed by atoms with E-state index >= 15 is 0 Å². The second-order valence-electron chi connectivity index (χ2n) is 4.49. The zero-order valence-corrected chi connectivity index (χ0v) is 13.4. The van der Waals surface area contributed by atoms with Gasteiger partial charge in [0.15, 0.2) is 5.03 Å². The van der Waals surface area contributed by atoms with E-state index in [0.29, 0.717) is 11.3 Å². The third-order valence-corrected chi connectivity index (χ3v) is 5.81. The molecule has 0 bridgehead atoms. The van der Waals surface area contributed by atoms with Crippen LogP contribution in [0.25, 0.3) is 0 Å². The molecule has 6 nitrogen and oxygen atoms in total. The minimum absolute atomic E-state index is 0.0472. The minimum atomic E-state index is -3.59. The van der Waals surface area contributed by atoms with Crippen LogP contribution >= 0.6 is 11.8 Å². The Bertz CT molecular complexity index is 513. The van der Waals surface area contributed by atoms with Crippen LogP contribution in [0, 0.1) is 6.92 Å². The Hall–Kier alpha value is -0.570. The fraction of sp³-hybridized carbons (Fsp3) is 0.727. The van der Waals surface area contributed by atoms with Crippen LogP contribution in [0.1, 0.15) is 24.6 Å². The number of sulfonamides is 1. The van der Waals surface area contributed by atoms with Gasteiger partial charge < -0.3 is 5.73 Å². The van der Waals surface area contributed by atoms with E-state index < -0.39 is 10.0 Å². The molecule has 1 rings (SSSR count). The number of nitrogens with two attached hydrogens (primary N) is 1. The van der Waals surface area contributed by atoms with Gasteiger partial charge in [-0.15, -0.1) is 0 Å². The third-order valence-electron chi connectivity index (χ3n) is 3.22. The zero-order valence-electron chi connectivity index (χ0n) is 11.8. The molecule has 1 aromatic rings. The molecule has 0 aromatic carbocycles. The quantitative estimate of drug-likeness (QED) is 0.782. The third kappa shape index (κ3) is 3.50. The maximum atomic E-state index is 12.5. The first-order chi connectivity index (χ1) is 8.86. The van der Waals surface area contributed by atoms with E-state index in [-0.39, 0.29) is 17.6 Å². The number of nitrogens with one attached hydrogen (secondary N) is 1. The van der Waals surface area contributed by atoms with Crippen LogP contribution in [0.15, 0.2) is 5.03 Å². The molecular formula is C11H22N4O2S2. The molecule has 0 fully saturated rings. The first-order valence-corrected chi connectivity index (χ1v) is 8.90. The predicted octanol–water partition coefficient (Wildman–Crippen LogP) is 0.939. The molecular weight excluding hydrogens is 284 g/mol. The predicted molar refractivity (Wildman–Crippen MR) is 78.6 cm³/mol. The molecule has 0 radical (unpaired) electrons. The average Bonchev–Trinajstić information content (AvgIpc) is 2.76. The van der Waals surface area contributed by atoms with Crippen molar-refractivity contribution < 1.29 is 8.42 Å². The van der Waals surface area contributed by atoms with E-state index in [0.717, 1.165) is 12.2 Å². The van der Waals surface area contributed by atoms with Gasteiger partial charge in [0.25, 0.3) is 10.0 Å². The van der Waals surface area contributed by atoms with Crippen molar-refractivity contribution in [3.05, 3.63) is 11.3 Å². The number of thioether (sulfide) groups is 1. The fourth-order valence-electron chi connectivity index (χ4n) is 1.73. The molecule has 8 heteroatoms. The van der Waals surface area contributed by atoms with Gasteiger partial charge in [-0.05, 0) is 32.3 Å². The van der Waals surface area contributed by atoms with Crippen molar-refractivity contribution in [2.24, 2.45) is 5.73 Å². The van der Waals surface area contributed by atoms with Gasteiger partial charge >= 0.3 is 0 Å². The summed E-state index contributed by atoms with van der Waals surface area (Å²) in [6.45, 7) is 3.82. The van der Waals surface area contributed by atoms with Gasteiger partial charge in [-0.2, -0.15) is 21.2 Å². The van der Waals surface area contributed by atoms with Crippen molar-refractivity contribution in [3.8, 4) is 0 Å². The molecule has 1 unspecified atom stereocenters. The molecule has 19 heavy (non-hydrogen) atoms. The first kappa shape index (κ1) is 16.5. The van der Waals surface area contributed by atoms with Crippen molar-refractivity contribution in [1.82, 2.24) is 14.5 Å². The highest BCUT2D eigenvalue weighted by molar-refractivity contribution is 7.98. The number of hydrogen-bond donors (Lipinski definition) is 2. The first-order valence-electron chi connectivity index (χ1n) is 6.07. The SMILES string of the molecule is CSCCC(C)N(C)S(=O)(=O)c1n[nH]c(C)c1CN. The lowest BCUT2D eigenvalue weighted by Gasteiger charge is -2.23. The van der Waals surface area contributed by atoms with E-state index in [9.17, 15) is 8.42 Å². The molecule has 1 aromatic heterocycles. The standard InChI is InChI=1S/C11H22N4O2S2/c1-8(5-6-18-4)15(3)19(16,17)11-10(7-12)9(2)13-14-11/h8H,5-7,12H2,1-4H3,(H,13,14). The van der Waals surface area contributed by atoms with Crippen LogP contribution in [0.5, 0.6) is 0 Å². The van der Waals surface area contributed by atoms with E-state index in [1.807, 2.05) is 13.2 Å². The molecule has 3 N–H and O–H groups in total. The van der Waals surface area contributed by atoms with Gasteiger partial charge in [-0.3, -0.25) is 5.10 Å². The molecule has 0 aliphatic heterocycles. The summed E-state index contributed by atoms with van der Waals surface area (Å²) in [5.41, 5.74) is 6.86. The van der Waals surface area contributed by atoms with E-state index in [2.05, 4.69) is 10.2 Å². The summed E-state index contributed by atoms with van der Waals surface area (Å²) >= 11 is 1.70. The molecule has 0 aliphatic carbocycles. The Balaban J connectivity index is 3.02. The number of aromatic amines is 1. The smallest absolute Gasteiger partial charge is 0.262 e. The molecule has 0 aliphatic rings. The Morgan fingerprint density at radius 1 is 1.53 bits per heavy atom. The Morgan fingerprint density at radius 2 is 2.16 bits per heavy atom. The van der Waals surface area contributed by atoms with Gasteiger partial charge in [-0.1, -0.05) is 0 Å². The van der Waals surface area contributed by atoms with Crippen molar-refractivity contribution in [1.29, 1.82) is 0 Å². The molecule has 110 valence electrons. The molecule has 0 saturated carbocycles. The summed E-state index contributed by atoms with van der Waals surface area (Å²) < 4.78 is 26.4. The summed E-state index contributed by atoms with van der Waals surface area (Å²) in [6.07, 6.45) is 2.81. The van der Waals surface area contributed by atoms with Crippen LogP contribution in [0.4, 0.5) is 0 Å². The second-order valence-corrected chi connectivity index (χ2v) is 7.39. The average molecular weight is 306 g/mol. The Morgan fingerprint density at radius 3 is 2.68 bits per heavy atom. The van der Waals surface area contributed by atoms with Crippen molar-refractivity contribution in [2.75, 3.05) is 19.1 Å². The number of nitrogens with zero attached hydrogens (tertiary/aromatic N) is 2. The molecule has 1 heterocycles. The van der Waals surface area contributed by atoms with Crippen molar-refractivity contribution >= 4 is 21.8 Å². The lowest BCUT2D eigenvalue weighted by Crippen LogP contribution is -2.36. The lowest BCUT2D eigenvalue weighted by molar-refractivity contribution is 0.380. The van der Waals surface area contributed by atoms with Crippen LogP contribution in [0.3, 0.4) is 0 Å². The topological polar surface area (TPSA) is 92.1 Å². The maximum Gasteiger partial charge on any atom is 0.262 e. The highest BCUT2D eigenvalue weighted by Crippen LogP contribution is 2.21. The van der Waals surface area contributed by atoms with Crippen molar-refractivity contribution in [2.45, 2.75) is 37.9 Å². The van der Waals surface area contributed by atoms with Crippen LogP contribution in [0.2, 0.25) is 0 Å². The van der Waals surface area contributed by atoms with E-state index in [1.165, 1.54) is 4.31 Å². The Labute approximate surface area is 119 Å². The maximum absolute atomic E-state index is 12.5. The number of H-pyrrole nitrogens is 1. The van der Waals surface area contributed by atoms with Gasteiger partial charge in [0.2, 0.25) is 0 Å². The summed E-state index contributed by atoms with van der Waals surface area (Å²) in [5, 5.41) is 6.64. The fourth-order valence-corrected chi connectivity index (χ4v) is 3.86. The second kappa shape index (κ2) is 6.74. The van der Waals surface area contributed by atoms with E-state index in [1.54, 1.807) is 25.7 Å². The summed E-state index contributed by atoms with van der Waals surface area (Å²) in [5.74, 6) is 0.921. The highest BCUT2D eigenvalue weighted by Gasteiger charge is 2.30. The van der Waals surface area contributed by atoms with Crippen molar-refractivity contribution in [3.63, 3.8) is 0 Å². The summed E-state index contributed by atoms with van der Waals surface area (Å²) in [6, 6.07) is -0.0694. The zero-order chi connectivity index (χ0) is 14.6. The summed E-state index contributed by atoms with van der Waals surface area (Å²) in [4.78, 5) is 0. The van der Waals surface area contributed by atoms with Gasteiger partial charge in [0.1, 0.15) is 0 Å². The lowest BCUT2D eigenvalue weighted by atomic mass is 10.3. The van der Waals surface area contributed by atoms with Crippen LogP contribution in [-0.2, 0) is 16.6 Å². The van der Waals surface area contributed by atoms with Gasteiger partial charge in [0.05, 0.1) is 0 Å². The normalized spacial score (nSPS) is 14.0. The molecule has 0 amide bonds. The Kier molecular flexibility index (Phi) is 5.84.